The number of fused-ring (bicyclic) bond motifs is 3. The fourth-order valence-electron chi connectivity index (χ4n) is 7.25. The molecule has 0 amide bonds. The molecule has 31 heavy (non-hydrogen) atoms. The Hall–Kier alpha value is -2.35. The average Bonchev–Trinajstić information content (AvgIpc) is 3.56. The summed E-state index contributed by atoms with van der Waals surface area (Å²) in [6, 6.07) is 18.3. The molecule has 6 rings (SSSR count). The monoisotopic (exact) mass is 411 g/mol. The molecule has 160 valence electrons. The van der Waals surface area contributed by atoms with Crippen LogP contribution in [0.2, 0.25) is 0 Å². The minimum atomic E-state index is 0.0685. The van der Waals surface area contributed by atoms with E-state index in [4.69, 9.17) is 0 Å². The highest BCUT2D eigenvalue weighted by Crippen LogP contribution is 2.51. The third-order valence-corrected chi connectivity index (χ3v) is 8.78. The number of hydrogen-bond acceptors (Lipinski definition) is 0. The van der Waals surface area contributed by atoms with Crippen molar-refractivity contribution in [3.8, 4) is 16.9 Å². The Kier molecular flexibility index (Phi) is 4.42. The van der Waals surface area contributed by atoms with E-state index in [1.54, 1.807) is 11.4 Å². The molecule has 0 N–H and O–H groups in total. The molecule has 2 aromatic carbocycles. The first-order valence-corrected chi connectivity index (χ1v) is 12.5. The smallest absolute Gasteiger partial charge is 0.217 e. The highest BCUT2D eigenvalue weighted by molar-refractivity contribution is 5.69. The van der Waals surface area contributed by atoms with Crippen molar-refractivity contribution in [2.24, 2.45) is 5.92 Å². The van der Waals surface area contributed by atoms with Crippen LogP contribution in [0.4, 0.5) is 0 Å². The largest absolute Gasteiger partial charge is 0.266 e. The Morgan fingerprint density at radius 3 is 2.23 bits per heavy atom. The lowest BCUT2D eigenvalue weighted by atomic mass is 9.78. The first-order chi connectivity index (χ1) is 15.1. The van der Waals surface area contributed by atoms with E-state index in [9.17, 15) is 0 Å². The minimum Gasteiger partial charge on any atom is -0.217 e. The van der Waals surface area contributed by atoms with Gasteiger partial charge in [-0.2, -0.15) is 4.57 Å². The van der Waals surface area contributed by atoms with Gasteiger partial charge in [0.05, 0.1) is 5.92 Å². The highest BCUT2D eigenvalue weighted by Gasteiger charge is 2.55. The maximum Gasteiger partial charge on any atom is 0.266 e. The van der Waals surface area contributed by atoms with Crippen molar-refractivity contribution < 1.29 is 4.57 Å². The van der Waals surface area contributed by atoms with Crippen LogP contribution in [0.1, 0.15) is 86.9 Å². The molecule has 3 aliphatic rings. The van der Waals surface area contributed by atoms with Gasteiger partial charge in [-0.15, -0.1) is 0 Å². The standard InChI is InChI=1S/C29H35N2/c1-20-12-4-11-19-26(20)30-21(2)27-24-17-9-10-18-25(24)29(3,23-15-7-8-16-23)31(27)28(30)22-13-5-6-14-22/h4,9-12,17-19,22-23H,5-8,13-16H2,1-3H3/q+1. The summed E-state index contributed by atoms with van der Waals surface area (Å²) in [5.74, 6) is 2.96. The summed E-state index contributed by atoms with van der Waals surface area (Å²) < 4.78 is 5.51. The fourth-order valence-corrected chi connectivity index (χ4v) is 7.25. The van der Waals surface area contributed by atoms with Gasteiger partial charge in [-0.05, 0) is 51.2 Å². The molecule has 2 fully saturated rings. The van der Waals surface area contributed by atoms with Gasteiger partial charge in [0.1, 0.15) is 11.2 Å². The SMILES string of the molecule is Cc1ccccc1-n1c(C)c2[n+](c1C1CCCC1)C(C)(C1CCCC1)c1ccccc1-2. The molecule has 0 bridgehead atoms. The predicted octanol–water partition coefficient (Wildman–Crippen LogP) is 6.97. The maximum atomic E-state index is 2.85. The zero-order valence-corrected chi connectivity index (χ0v) is 19.3. The van der Waals surface area contributed by atoms with Crippen LogP contribution < -0.4 is 4.57 Å². The van der Waals surface area contributed by atoms with Gasteiger partial charge in [-0.3, -0.25) is 0 Å². The minimum absolute atomic E-state index is 0.0685. The number of aryl methyl sites for hydroxylation is 1. The second-order valence-electron chi connectivity index (χ2n) is 10.4. The lowest BCUT2D eigenvalue weighted by Gasteiger charge is -2.32. The van der Waals surface area contributed by atoms with Crippen LogP contribution in [-0.2, 0) is 5.54 Å². The molecular weight excluding hydrogens is 376 g/mol. The summed E-state index contributed by atoms with van der Waals surface area (Å²) in [5.41, 5.74) is 8.75. The van der Waals surface area contributed by atoms with Crippen LogP contribution in [-0.4, -0.2) is 4.57 Å². The number of nitrogens with zero attached hydrogens (tertiary/aromatic N) is 2. The molecule has 0 saturated heterocycles. The van der Waals surface area contributed by atoms with Gasteiger partial charge in [-0.25, -0.2) is 4.57 Å². The van der Waals surface area contributed by atoms with E-state index in [1.807, 2.05) is 0 Å². The molecule has 1 unspecified atom stereocenters. The number of rotatable bonds is 3. The third kappa shape index (κ3) is 2.60. The molecular formula is C29H35N2+. The van der Waals surface area contributed by atoms with Gasteiger partial charge in [0.2, 0.25) is 0 Å². The highest BCUT2D eigenvalue weighted by atomic mass is 15.2. The van der Waals surface area contributed by atoms with Crippen LogP contribution in [0.3, 0.4) is 0 Å². The molecule has 0 spiro atoms. The maximum absolute atomic E-state index is 2.85. The first kappa shape index (κ1) is 19.3. The molecule has 1 atom stereocenters. The van der Waals surface area contributed by atoms with Gasteiger partial charge >= 0.3 is 0 Å². The van der Waals surface area contributed by atoms with Crippen LogP contribution in [0.15, 0.2) is 48.5 Å². The quantitative estimate of drug-likeness (QED) is 0.411. The number of para-hydroxylation sites is 1. The number of aromatic nitrogens is 2. The van der Waals surface area contributed by atoms with Crippen molar-refractivity contribution in [3.63, 3.8) is 0 Å². The van der Waals surface area contributed by atoms with E-state index in [1.165, 1.54) is 79.6 Å². The topological polar surface area (TPSA) is 8.81 Å². The Morgan fingerprint density at radius 1 is 0.839 bits per heavy atom. The lowest BCUT2D eigenvalue weighted by Crippen LogP contribution is -2.59. The van der Waals surface area contributed by atoms with Crippen LogP contribution in [0.5, 0.6) is 0 Å². The number of imidazole rings is 1. The molecule has 1 aliphatic heterocycles. The van der Waals surface area contributed by atoms with Gasteiger partial charge < -0.3 is 0 Å². The van der Waals surface area contributed by atoms with E-state index < -0.39 is 0 Å². The van der Waals surface area contributed by atoms with E-state index in [0.717, 1.165) is 5.92 Å². The molecule has 3 aromatic rings. The van der Waals surface area contributed by atoms with Crippen LogP contribution >= 0.6 is 0 Å². The Balaban J connectivity index is 1.71. The summed E-state index contributed by atoms with van der Waals surface area (Å²) in [6.07, 6.45) is 10.9. The molecule has 2 nitrogen and oxygen atoms in total. The summed E-state index contributed by atoms with van der Waals surface area (Å²) >= 11 is 0. The van der Waals surface area contributed by atoms with Crippen molar-refractivity contribution in [2.45, 2.75) is 83.6 Å². The van der Waals surface area contributed by atoms with Gasteiger partial charge in [0.15, 0.2) is 11.4 Å². The Labute approximate surface area is 186 Å². The van der Waals surface area contributed by atoms with Gasteiger partial charge in [-0.1, -0.05) is 68.1 Å². The molecule has 2 heterocycles. The van der Waals surface area contributed by atoms with Crippen molar-refractivity contribution in [2.75, 3.05) is 0 Å². The van der Waals surface area contributed by atoms with Crippen molar-refractivity contribution in [1.29, 1.82) is 0 Å². The number of benzene rings is 2. The second-order valence-corrected chi connectivity index (χ2v) is 10.4. The Morgan fingerprint density at radius 2 is 1.48 bits per heavy atom. The summed E-state index contributed by atoms with van der Waals surface area (Å²) in [7, 11) is 0. The zero-order chi connectivity index (χ0) is 21.2. The van der Waals surface area contributed by atoms with Crippen LogP contribution in [0.25, 0.3) is 16.9 Å². The fraction of sp³-hybridized carbons (Fsp3) is 0.483. The molecule has 1 aromatic heterocycles. The van der Waals surface area contributed by atoms with Gasteiger partial charge in [0.25, 0.3) is 5.82 Å². The summed E-state index contributed by atoms with van der Waals surface area (Å²) in [5, 5.41) is 0. The molecule has 2 saturated carbocycles. The summed E-state index contributed by atoms with van der Waals surface area (Å²) in [6.45, 7) is 7.21. The molecule has 0 radical (unpaired) electrons. The number of hydrogen-bond donors (Lipinski definition) is 0. The van der Waals surface area contributed by atoms with E-state index >= 15 is 0 Å². The second kappa shape index (κ2) is 7.08. The third-order valence-electron chi connectivity index (χ3n) is 8.78. The van der Waals surface area contributed by atoms with Crippen LogP contribution in [0, 0.1) is 19.8 Å². The summed E-state index contributed by atoms with van der Waals surface area (Å²) in [4.78, 5) is 0. The van der Waals surface area contributed by atoms with E-state index in [2.05, 4.69) is 78.4 Å². The lowest BCUT2D eigenvalue weighted by molar-refractivity contribution is -0.750. The van der Waals surface area contributed by atoms with Crippen molar-refractivity contribution in [1.82, 2.24) is 4.57 Å². The average molecular weight is 412 g/mol. The van der Waals surface area contributed by atoms with Crippen molar-refractivity contribution >= 4 is 0 Å². The predicted molar refractivity (Wildman–Crippen MR) is 127 cm³/mol. The van der Waals surface area contributed by atoms with Gasteiger partial charge in [0, 0.05) is 24.0 Å². The first-order valence-electron chi connectivity index (χ1n) is 12.5. The molecule has 2 aliphatic carbocycles. The normalized spacial score (nSPS) is 23.5. The van der Waals surface area contributed by atoms with E-state index in [-0.39, 0.29) is 5.54 Å². The Bertz CT molecular complexity index is 1140. The van der Waals surface area contributed by atoms with Crippen molar-refractivity contribution in [3.05, 3.63) is 71.2 Å². The van der Waals surface area contributed by atoms with E-state index in [0.29, 0.717) is 5.92 Å². The zero-order valence-electron chi connectivity index (χ0n) is 19.3. The molecule has 2 heteroatoms.